The predicted octanol–water partition coefficient (Wildman–Crippen LogP) is 4.13. The van der Waals surface area contributed by atoms with E-state index in [2.05, 4.69) is 17.6 Å². The normalized spacial score (nSPS) is 22.2. The second-order valence-corrected chi connectivity index (χ2v) is 7.65. The van der Waals surface area contributed by atoms with Gasteiger partial charge < -0.3 is 15.4 Å². The number of thiophene rings is 1. The lowest BCUT2D eigenvalue weighted by atomic mass is 9.85. The van der Waals surface area contributed by atoms with Gasteiger partial charge in [0.15, 0.2) is 0 Å². The Hall–Kier alpha value is -2.01. The summed E-state index contributed by atoms with van der Waals surface area (Å²) >= 11 is 1.77. The van der Waals surface area contributed by atoms with E-state index in [-0.39, 0.29) is 12.1 Å². The molecule has 0 saturated carbocycles. The number of rotatable bonds is 3. The summed E-state index contributed by atoms with van der Waals surface area (Å²) in [6, 6.07) is 7.82. The predicted molar refractivity (Wildman–Crippen MR) is 96.9 cm³/mol. The molecule has 126 valence electrons. The molecule has 2 aromatic rings. The van der Waals surface area contributed by atoms with Crippen molar-refractivity contribution in [2.24, 2.45) is 5.92 Å². The third-order valence-corrected chi connectivity index (χ3v) is 6.36. The molecule has 4 nitrogen and oxygen atoms in total. The highest BCUT2D eigenvalue weighted by molar-refractivity contribution is 7.16. The van der Waals surface area contributed by atoms with Crippen molar-refractivity contribution in [3.05, 3.63) is 45.8 Å². The van der Waals surface area contributed by atoms with Crippen LogP contribution in [0.5, 0.6) is 5.75 Å². The molecule has 0 bridgehead atoms. The SMILES string of the molecule is CC[C@@H]1CCc2c(sc3c2C(=O)N[C@H](c2ccc(OC)cc2)N3)C1. The average Bonchev–Trinajstić information content (AvgIpc) is 2.99. The van der Waals surface area contributed by atoms with Crippen LogP contribution in [0.2, 0.25) is 0 Å². The van der Waals surface area contributed by atoms with E-state index in [1.54, 1.807) is 18.4 Å². The Kier molecular flexibility index (Phi) is 3.96. The summed E-state index contributed by atoms with van der Waals surface area (Å²) in [7, 11) is 1.65. The number of anilines is 1. The first-order valence-electron chi connectivity index (χ1n) is 8.55. The summed E-state index contributed by atoms with van der Waals surface area (Å²) in [5.74, 6) is 1.63. The molecule has 0 unspecified atom stereocenters. The first-order chi connectivity index (χ1) is 11.7. The number of carbonyl (C=O) groups excluding carboxylic acids is 1. The Morgan fingerprint density at radius 2 is 2.04 bits per heavy atom. The second kappa shape index (κ2) is 6.13. The monoisotopic (exact) mass is 342 g/mol. The molecule has 4 rings (SSSR count). The minimum atomic E-state index is -0.182. The van der Waals surface area contributed by atoms with E-state index in [0.717, 1.165) is 40.6 Å². The van der Waals surface area contributed by atoms with Crippen LogP contribution in [-0.4, -0.2) is 13.0 Å². The van der Waals surface area contributed by atoms with Gasteiger partial charge in [-0.05, 0) is 48.4 Å². The van der Waals surface area contributed by atoms with Crippen LogP contribution in [0.3, 0.4) is 0 Å². The van der Waals surface area contributed by atoms with E-state index in [1.165, 1.54) is 23.3 Å². The van der Waals surface area contributed by atoms with Gasteiger partial charge in [0.1, 0.15) is 16.9 Å². The Balaban J connectivity index is 1.63. The molecule has 1 aliphatic heterocycles. The number of fused-ring (bicyclic) bond motifs is 3. The van der Waals surface area contributed by atoms with Crippen LogP contribution >= 0.6 is 11.3 Å². The van der Waals surface area contributed by atoms with Crippen molar-refractivity contribution in [3.8, 4) is 5.75 Å². The van der Waals surface area contributed by atoms with Gasteiger partial charge in [-0.3, -0.25) is 4.79 Å². The molecule has 2 aliphatic rings. The lowest BCUT2D eigenvalue weighted by Gasteiger charge is -2.27. The second-order valence-electron chi connectivity index (χ2n) is 6.55. The topological polar surface area (TPSA) is 50.4 Å². The van der Waals surface area contributed by atoms with Crippen LogP contribution in [-0.2, 0) is 12.8 Å². The number of hydrogen-bond donors (Lipinski definition) is 2. The molecular weight excluding hydrogens is 320 g/mol. The van der Waals surface area contributed by atoms with Crippen LogP contribution in [0.1, 0.15) is 52.3 Å². The van der Waals surface area contributed by atoms with Gasteiger partial charge in [-0.1, -0.05) is 25.5 Å². The van der Waals surface area contributed by atoms with Crippen LogP contribution < -0.4 is 15.4 Å². The van der Waals surface area contributed by atoms with Gasteiger partial charge in [-0.15, -0.1) is 11.3 Å². The van der Waals surface area contributed by atoms with Gasteiger partial charge in [0.05, 0.1) is 12.7 Å². The quantitative estimate of drug-likeness (QED) is 0.882. The summed E-state index contributed by atoms with van der Waals surface area (Å²) in [5.41, 5.74) is 3.19. The van der Waals surface area contributed by atoms with E-state index in [9.17, 15) is 4.79 Å². The molecule has 0 saturated heterocycles. The molecular formula is C19H22N2O2S. The number of methoxy groups -OCH3 is 1. The highest BCUT2D eigenvalue weighted by Gasteiger charge is 2.33. The number of amides is 1. The van der Waals surface area contributed by atoms with E-state index in [1.807, 2.05) is 24.3 Å². The van der Waals surface area contributed by atoms with E-state index < -0.39 is 0 Å². The van der Waals surface area contributed by atoms with Crippen molar-refractivity contribution in [1.82, 2.24) is 5.32 Å². The van der Waals surface area contributed by atoms with Crippen LogP contribution in [0.25, 0.3) is 0 Å². The summed E-state index contributed by atoms with van der Waals surface area (Å²) in [4.78, 5) is 14.1. The Morgan fingerprint density at radius 3 is 2.75 bits per heavy atom. The lowest BCUT2D eigenvalue weighted by molar-refractivity contribution is 0.0935. The van der Waals surface area contributed by atoms with Crippen molar-refractivity contribution >= 4 is 22.2 Å². The fraction of sp³-hybridized carbons (Fsp3) is 0.421. The fourth-order valence-electron chi connectivity index (χ4n) is 3.68. The molecule has 1 amide bonds. The Labute approximate surface area is 146 Å². The van der Waals surface area contributed by atoms with Gasteiger partial charge in [0.25, 0.3) is 5.91 Å². The van der Waals surface area contributed by atoms with Gasteiger partial charge in [-0.2, -0.15) is 0 Å². The fourth-order valence-corrected chi connectivity index (χ4v) is 5.07. The molecule has 1 aromatic heterocycles. The Bertz CT molecular complexity index is 766. The number of benzene rings is 1. The third-order valence-electron chi connectivity index (χ3n) is 5.17. The van der Waals surface area contributed by atoms with E-state index in [4.69, 9.17) is 4.74 Å². The molecule has 24 heavy (non-hydrogen) atoms. The molecule has 0 spiro atoms. The first kappa shape index (κ1) is 15.5. The summed E-state index contributed by atoms with van der Waals surface area (Å²) < 4.78 is 5.20. The smallest absolute Gasteiger partial charge is 0.256 e. The minimum Gasteiger partial charge on any atom is -0.497 e. The maximum atomic E-state index is 12.7. The van der Waals surface area contributed by atoms with Crippen molar-refractivity contribution in [1.29, 1.82) is 0 Å². The van der Waals surface area contributed by atoms with Crippen molar-refractivity contribution in [2.75, 3.05) is 12.4 Å². The zero-order chi connectivity index (χ0) is 16.7. The van der Waals surface area contributed by atoms with Crippen LogP contribution in [0.4, 0.5) is 5.00 Å². The molecule has 2 atom stereocenters. The number of hydrogen-bond acceptors (Lipinski definition) is 4. The molecule has 2 N–H and O–H groups in total. The van der Waals surface area contributed by atoms with Crippen LogP contribution in [0, 0.1) is 5.92 Å². The number of carbonyl (C=O) groups is 1. The van der Waals surface area contributed by atoms with Crippen molar-refractivity contribution in [3.63, 3.8) is 0 Å². The lowest BCUT2D eigenvalue weighted by Crippen LogP contribution is -2.38. The number of ether oxygens (including phenoxy) is 1. The van der Waals surface area contributed by atoms with E-state index >= 15 is 0 Å². The Morgan fingerprint density at radius 1 is 1.25 bits per heavy atom. The summed E-state index contributed by atoms with van der Waals surface area (Å²) in [6.07, 6.45) is 4.38. The largest absolute Gasteiger partial charge is 0.497 e. The molecule has 1 aromatic carbocycles. The average molecular weight is 342 g/mol. The van der Waals surface area contributed by atoms with Crippen molar-refractivity contribution in [2.45, 2.75) is 38.8 Å². The van der Waals surface area contributed by atoms with Gasteiger partial charge >= 0.3 is 0 Å². The molecule has 0 fully saturated rings. The minimum absolute atomic E-state index is 0.0528. The van der Waals surface area contributed by atoms with Crippen LogP contribution in [0.15, 0.2) is 24.3 Å². The van der Waals surface area contributed by atoms with Gasteiger partial charge in [0, 0.05) is 4.88 Å². The van der Waals surface area contributed by atoms with Gasteiger partial charge in [0.2, 0.25) is 0 Å². The van der Waals surface area contributed by atoms with E-state index in [0.29, 0.717) is 0 Å². The summed E-state index contributed by atoms with van der Waals surface area (Å²) in [6.45, 7) is 2.26. The number of nitrogens with one attached hydrogen (secondary N) is 2. The molecule has 5 heteroatoms. The highest BCUT2D eigenvalue weighted by Crippen LogP contribution is 2.43. The molecule has 1 aliphatic carbocycles. The maximum Gasteiger partial charge on any atom is 0.256 e. The maximum absolute atomic E-state index is 12.7. The highest BCUT2D eigenvalue weighted by atomic mass is 32.1. The standard InChI is InChI=1S/C19H22N2O2S/c1-3-11-4-9-14-15(10-11)24-19-16(14)18(22)20-17(21-19)12-5-7-13(23-2)8-6-12/h5-8,11,17,21H,3-4,9-10H2,1-2H3,(H,20,22)/t11-,17+/m1/s1. The zero-order valence-electron chi connectivity index (χ0n) is 14.0. The molecule has 2 heterocycles. The van der Waals surface area contributed by atoms with Gasteiger partial charge in [-0.25, -0.2) is 0 Å². The molecule has 0 radical (unpaired) electrons. The zero-order valence-corrected chi connectivity index (χ0v) is 14.8. The van der Waals surface area contributed by atoms with Crippen molar-refractivity contribution < 1.29 is 9.53 Å². The third kappa shape index (κ3) is 2.57. The summed E-state index contributed by atoms with van der Waals surface area (Å²) in [5, 5.41) is 7.65. The first-order valence-corrected chi connectivity index (χ1v) is 9.37.